The van der Waals surface area contributed by atoms with Gasteiger partial charge in [0.2, 0.25) is 0 Å². The molecule has 112 valence electrons. The Labute approximate surface area is 132 Å². The monoisotopic (exact) mass is 291 g/mol. The van der Waals surface area contributed by atoms with E-state index >= 15 is 0 Å². The molecule has 22 heavy (non-hydrogen) atoms. The summed E-state index contributed by atoms with van der Waals surface area (Å²) in [6.45, 7) is 1.96. The molecule has 0 spiro atoms. The molecular weight excluding hydrogens is 270 g/mol. The fourth-order valence-corrected chi connectivity index (χ4v) is 3.24. The van der Waals surface area contributed by atoms with Gasteiger partial charge in [-0.25, -0.2) is 0 Å². The number of hydrogen-bond donors (Lipinski definition) is 1. The highest BCUT2D eigenvalue weighted by Gasteiger charge is 2.32. The van der Waals surface area contributed by atoms with Crippen LogP contribution in [-0.2, 0) is 6.54 Å². The zero-order valence-electron chi connectivity index (χ0n) is 12.9. The predicted molar refractivity (Wildman–Crippen MR) is 88.2 cm³/mol. The van der Waals surface area contributed by atoms with Crippen molar-refractivity contribution in [1.29, 1.82) is 5.26 Å². The van der Waals surface area contributed by atoms with Gasteiger partial charge in [0.25, 0.3) is 0 Å². The first-order valence-electron chi connectivity index (χ1n) is 7.75. The zero-order valence-corrected chi connectivity index (χ0v) is 12.9. The SMILES string of the molecule is CN1CC[C@H](NCc2ccc(C#N)cc2)[C@H]1c1ccccc1. The molecule has 1 fully saturated rings. The maximum absolute atomic E-state index is 8.85. The second kappa shape index (κ2) is 6.74. The van der Waals surface area contributed by atoms with Gasteiger partial charge in [-0.15, -0.1) is 0 Å². The number of nitriles is 1. The third-order valence-corrected chi connectivity index (χ3v) is 4.44. The molecule has 3 nitrogen and oxygen atoms in total. The minimum atomic E-state index is 0.430. The smallest absolute Gasteiger partial charge is 0.0991 e. The number of benzene rings is 2. The molecule has 2 atom stereocenters. The fraction of sp³-hybridized carbons (Fsp3) is 0.316. The highest BCUT2D eigenvalue weighted by atomic mass is 15.2. The third kappa shape index (κ3) is 3.19. The van der Waals surface area contributed by atoms with Gasteiger partial charge in [-0.1, -0.05) is 42.5 Å². The summed E-state index contributed by atoms with van der Waals surface area (Å²) in [4.78, 5) is 2.42. The van der Waals surface area contributed by atoms with Crippen molar-refractivity contribution < 1.29 is 0 Å². The van der Waals surface area contributed by atoms with Crippen LogP contribution in [-0.4, -0.2) is 24.5 Å². The second-order valence-corrected chi connectivity index (χ2v) is 5.92. The summed E-state index contributed by atoms with van der Waals surface area (Å²) in [5, 5.41) is 12.5. The van der Waals surface area contributed by atoms with Crippen molar-refractivity contribution in [1.82, 2.24) is 10.2 Å². The maximum Gasteiger partial charge on any atom is 0.0991 e. The summed E-state index contributed by atoms with van der Waals surface area (Å²) in [5.74, 6) is 0. The first kappa shape index (κ1) is 14.8. The van der Waals surface area contributed by atoms with Crippen molar-refractivity contribution in [3.63, 3.8) is 0 Å². The number of likely N-dealkylation sites (N-methyl/N-ethyl adjacent to an activating group) is 1. The van der Waals surface area contributed by atoms with Crippen LogP contribution < -0.4 is 5.32 Å². The molecule has 1 N–H and O–H groups in total. The first-order valence-corrected chi connectivity index (χ1v) is 7.75. The molecule has 1 aliphatic rings. The zero-order chi connectivity index (χ0) is 15.4. The first-order chi connectivity index (χ1) is 10.8. The van der Waals surface area contributed by atoms with E-state index in [-0.39, 0.29) is 0 Å². The standard InChI is InChI=1S/C19H21N3/c1-22-12-11-18(19(22)17-5-3-2-4-6-17)21-14-16-9-7-15(13-20)8-10-16/h2-10,18-19,21H,11-12,14H2,1H3/t18-,19+/m0/s1. The minimum absolute atomic E-state index is 0.430. The van der Waals surface area contributed by atoms with Gasteiger partial charge in [0.1, 0.15) is 0 Å². The van der Waals surface area contributed by atoms with Crippen molar-refractivity contribution in [2.24, 2.45) is 0 Å². The van der Waals surface area contributed by atoms with Gasteiger partial charge >= 0.3 is 0 Å². The normalized spacial score (nSPS) is 21.6. The van der Waals surface area contributed by atoms with Gasteiger partial charge in [-0.05, 0) is 36.7 Å². The van der Waals surface area contributed by atoms with E-state index < -0.39 is 0 Å². The molecule has 2 aromatic rings. The summed E-state index contributed by atoms with van der Waals surface area (Å²) < 4.78 is 0. The predicted octanol–water partition coefficient (Wildman–Crippen LogP) is 3.09. The van der Waals surface area contributed by atoms with E-state index in [1.165, 1.54) is 11.1 Å². The highest BCUT2D eigenvalue weighted by molar-refractivity contribution is 5.31. The summed E-state index contributed by atoms with van der Waals surface area (Å²) in [6, 6.07) is 21.6. The molecule has 3 heteroatoms. The molecule has 0 saturated carbocycles. The van der Waals surface area contributed by atoms with E-state index in [9.17, 15) is 0 Å². The largest absolute Gasteiger partial charge is 0.308 e. The number of likely N-dealkylation sites (tertiary alicyclic amines) is 1. The van der Waals surface area contributed by atoms with Crippen LogP contribution in [0, 0.1) is 11.3 Å². The number of hydrogen-bond acceptors (Lipinski definition) is 3. The van der Waals surface area contributed by atoms with Crippen molar-refractivity contribution in [2.75, 3.05) is 13.6 Å². The van der Waals surface area contributed by atoms with Crippen molar-refractivity contribution in [3.05, 3.63) is 71.3 Å². The van der Waals surface area contributed by atoms with Crippen LogP contribution in [0.3, 0.4) is 0 Å². The molecule has 0 radical (unpaired) electrons. The Morgan fingerprint density at radius 1 is 1.14 bits per heavy atom. The van der Waals surface area contributed by atoms with Gasteiger partial charge in [-0.2, -0.15) is 5.26 Å². The lowest BCUT2D eigenvalue weighted by Crippen LogP contribution is -2.34. The van der Waals surface area contributed by atoms with E-state index in [0.717, 1.165) is 19.5 Å². The average Bonchev–Trinajstić information content (AvgIpc) is 2.95. The summed E-state index contributed by atoms with van der Waals surface area (Å²) in [5.41, 5.74) is 3.31. The van der Waals surface area contributed by atoms with Gasteiger partial charge < -0.3 is 5.32 Å². The van der Waals surface area contributed by atoms with Gasteiger partial charge in [-0.3, -0.25) is 4.90 Å². The van der Waals surface area contributed by atoms with Crippen LogP contribution in [0.5, 0.6) is 0 Å². The molecule has 0 bridgehead atoms. The molecule has 1 aliphatic heterocycles. The number of nitrogens with one attached hydrogen (secondary N) is 1. The van der Waals surface area contributed by atoms with Gasteiger partial charge in [0.15, 0.2) is 0 Å². The van der Waals surface area contributed by atoms with Crippen LogP contribution in [0.2, 0.25) is 0 Å². The second-order valence-electron chi connectivity index (χ2n) is 5.92. The molecule has 0 aliphatic carbocycles. The maximum atomic E-state index is 8.85. The lowest BCUT2D eigenvalue weighted by atomic mass is 10.00. The van der Waals surface area contributed by atoms with E-state index in [2.05, 4.69) is 53.7 Å². The molecule has 0 unspecified atom stereocenters. The summed E-state index contributed by atoms with van der Waals surface area (Å²) in [6.07, 6.45) is 1.16. The molecule has 0 aromatic heterocycles. The van der Waals surface area contributed by atoms with E-state index in [1.807, 2.05) is 24.3 Å². The number of nitrogens with zero attached hydrogens (tertiary/aromatic N) is 2. The summed E-state index contributed by atoms with van der Waals surface area (Å²) in [7, 11) is 2.20. The van der Waals surface area contributed by atoms with Crippen LogP contribution in [0.15, 0.2) is 54.6 Å². The molecule has 0 amide bonds. The molecule has 1 heterocycles. The Morgan fingerprint density at radius 2 is 1.86 bits per heavy atom. The highest BCUT2D eigenvalue weighted by Crippen LogP contribution is 2.30. The fourth-order valence-electron chi connectivity index (χ4n) is 3.24. The van der Waals surface area contributed by atoms with Crippen LogP contribution >= 0.6 is 0 Å². The quantitative estimate of drug-likeness (QED) is 0.941. The average molecular weight is 291 g/mol. The molecule has 2 aromatic carbocycles. The molecule has 3 rings (SSSR count). The Hall–Kier alpha value is -2.15. The third-order valence-electron chi connectivity index (χ3n) is 4.44. The summed E-state index contributed by atoms with van der Waals surface area (Å²) >= 11 is 0. The number of rotatable bonds is 4. The van der Waals surface area contributed by atoms with Crippen LogP contribution in [0.25, 0.3) is 0 Å². The lowest BCUT2D eigenvalue weighted by molar-refractivity contribution is 0.286. The van der Waals surface area contributed by atoms with Crippen molar-refractivity contribution >= 4 is 0 Å². The lowest BCUT2D eigenvalue weighted by Gasteiger charge is -2.26. The van der Waals surface area contributed by atoms with Crippen LogP contribution in [0.1, 0.15) is 29.2 Å². The molecular formula is C19H21N3. The van der Waals surface area contributed by atoms with Gasteiger partial charge in [0.05, 0.1) is 11.6 Å². The topological polar surface area (TPSA) is 39.1 Å². The Kier molecular flexibility index (Phi) is 4.53. The Morgan fingerprint density at radius 3 is 2.55 bits per heavy atom. The van der Waals surface area contributed by atoms with E-state index in [1.54, 1.807) is 0 Å². The molecule has 1 saturated heterocycles. The minimum Gasteiger partial charge on any atom is -0.308 e. The Balaban J connectivity index is 1.67. The van der Waals surface area contributed by atoms with E-state index in [0.29, 0.717) is 17.6 Å². The van der Waals surface area contributed by atoms with Crippen LogP contribution in [0.4, 0.5) is 0 Å². The van der Waals surface area contributed by atoms with Crippen molar-refractivity contribution in [2.45, 2.75) is 25.0 Å². The van der Waals surface area contributed by atoms with Crippen molar-refractivity contribution in [3.8, 4) is 6.07 Å². The Bertz CT molecular complexity index is 643. The van der Waals surface area contributed by atoms with Gasteiger partial charge in [0, 0.05) is 25.2 Å². The van der Waals surface area contributed by atoms with E-state index in [4.69, 9.17) is 5.26 Å².